The summed E-state index contributed by atoms with van der Waals surface area (Å²) in [5, 5.41) is 0. The lowest BCUT2D eigenvalue weighted by molar-refractivity contribution is 0.0589. The molecule has 0 fully saturated rings. The first kappa shape index (κ1) is 14.1. The van der Waals surface area contributed by atoms with Gasteiger partial charge in [-0.05, 0) is 6.92 Å². The number of carbonyl (C=O) groups is 2. The van der Waals surface area contributed by atoms with Crippen LogP contribution < -0.4 is 0 Å². The van der Waals surface area contributed by atoms with Crippen LogP contribution in [0.1, 0.15) is 26.4 Å². The Kier molecular flexibility index (Phi) is 3.55. The van der Waals surface area contributed by atoms with Crippen molar-refractivity contribution in [2.45, 2.75) is 13.5 Å². The highest BCUT2D eigenvalue weighted by atomic mass is 16.5. The minimum absolute atomic E-state index is 0.0521. The number of ether oxygens (including phenoxy) is 1. The molecule has 3 rings (SSSR count). The average Bonchev–Trinajstić information content (AvgIpc) is 3.09. The van der Waals surface area contributed by atoms with E-state index in [1.807, 2.05) is 19.1 Å². The third-order valence-electron chi connectivity index (χ3n) is 3.59. The van der Waals surface area contributed by atoms with E-state index in [4.69, 9.17) is 9.15 Å². The fourth-order valence-electron chi connectivity index (χ4n) is 2.40. The highest BCUT2D eigenvalue weighted by Gasteiger charge is 2.20. The van der Waals surface area contributed by atoms with E-state index in [0.717, 1.165) is 5.56 Å². The van der Waals surface area contributed by atoms with Gasteiger partial charge in [0.25, 0.3) is 0 Å². The van der Waals surface area contributed by atoms with Crippen LogP contribution in [0.5, 0.6) is 0 Å². The number of Topliss-reactive ketones (excluding diaryl/α,β-unsaturated/α-hetero) is 1. The number of aromatic nitrogens is 1. The summed E-state index contributed by atoms with van der Waals surface area (Å²) in [6, 6.07) is 10.7. The Labute approximate surface area is 127 Å². The maximum absolute atomic E-state index is 12.4. The second-order valence-corrected chi connectivity index (χ2v) is 5.07. The lowest BCUT2D eigenvalue weighted by Crippen LogP contribution is -2.16. The molecule has 0 saturated carbocycles. The van der Waals surface area contributed by atoms with Gasteiger partial charge in [0, 0.05) is 17.7 Å². The zero-order valence-electron chi connectivity index (χ0n) is 12.3. The topological polar surface area (TPSA) is 61.4 Å². The number of rotatable bonds is 4. The fourth-order valence-corrected chi connectivity index (χ4v) is 2.40. The molecule has 0 spiro atoms. The lowest BCUT2D eigenvalue weighted by atomic mass is 10.1. The summed E-state index contributed by atoms with van der Waals surface area (Å²) in [6.45, 7) is 2.01. The van der Waals surface area contributed by atoms with Crippen LogP contribution in [0.3, 0.4) is 0 Å². The first-order valence-electron chi connectivity index (χ1n) is 6.85. The molecule has 3 aromatic rings. The molecule has 5 nitrogen and oxygen atoms in total. The van der Waals surface area contributed by atoms with Crippen molar-refractivity contribution in [3.8, 4) is 0 Å². The van der Waals surface area contributed by atoms with E-state index in [2.05, 4.69) is 0 Å². The Hall–Kier alpha value is -2.82. The van der Waals surface area contributed by atoms with Gasteiger partial charge in [0.15, 0.2) is 11.4 Å². The highest BCUT2D eigenvalue weighted by Crippen LogP contribution is 2.22. The lowest BCUT2D eigenvalue weighted by Gasteiger charge is -2.08. The van der Waals surface area contributed by atoms with Crippen molar-refractivity contribution in [3.63, 3.8) is 0 Å². The molecule has 0 radical (unpaired) electrons. The average molecular weight is 297 g/mol. The number of furan rings is 1. The molecule has 2 heterocycles. The molecule has 22 heavy (non-hydrogen) atoms. The largest absolute Gasteiger partial charge is 0.464 e. The maximum Gasteiger partial charge on any atom is 0.354 e. The SMILES string of the molecule is COC(=O)c1cc2occc2n1CC(=O)c1ccc(C)cc1. The summed E-state index contributed by atoms with van der Waals surface area (Å²) >= 11 is 0. The molecule has 0 aliphatic rings. The van der Waals surface area contributed by atoms with Crippen molar-refractivity contribution in [1.82, 2.24) is 4.57 Å². The Morgan fingerprint density at radius 1 is 1.18 bits per heavy atom. The fraction of sp³-hybridized carbons (Fsp3) is 0.176. The second kappa shape index (κ2) is 5.52. The van der Waals surface area contributed by atoms with Gasteiger partial charge in [-0.25, -0.2) is 4.79 Å². The van der Waals surface area contributed by atoms with E-state index >= 15 is 0 Å². The van der Waals surface area contributed by atoms with Crippen LogP contribution in [0.15, 0.2) is 47.1 Å². The number of methoxy groups -OCH3 is 1. The standard InChI is InChI=1S/C17H15NO4/c1-11-3-5-12(6-4-11)15(19)10-18-13-7-8-22-16(13)9-14(18)17(20)21-2/h3-9H,10H2,1-2H3. The van der Waals surface area contributed by atoms with Gasteiger partial charge >= 0.3 is 5.97 Å². The van der Waals surface area contributed by atoms with Gasteiger partial charge in [-0.15, -0.1) is 0 Å². The van der Waals surface area contributed by atoms with Gasteiger partial charge in [0.05, 0.1) is 25.4 Å². The predicted octanol–water partition coefficient (Wildman–Crippen LogP) is 3.21. The molecule has 0 N–H and O–H groups in total. The first-order chi connectivity index (χ1) is 10.6. The zero-order valence-corrected chi connectivity index (χ0v) is 12.3. The maximum atomic E-state index is 12.4. The molecule has 2 aromatic heterocycles. The summed E-state index contributed by atoms with van der Waals surface area (Å²) in [7, 11) is 1.31. The number of hydrogen-bond donors (Lipinski definition) is 0. The summed E-state index contributed by atoms with van der Waals surface area (Å²) < 4.78 is 11.7. The summed E-state index contributed by atoms with van der Waals surface area (Å²) in [5.41, 5.74) is 3.24. The van der Waals surface area contributed by atoms with Gasteiger partial charge in [0.2, 0.25) is 0 Å². The molecule has 0 aliphatic carbocycles. The molecule has 0 aliphatic heterocycles. The predicted molar refractivity (Wildman–Crippen MR) is 81.1 cm³/mol. The molecule has 112 valence electrons. The molecule has 0 bridgehead atoms. The van der Waals surface area contributed by atoms with Crippen molar-refractivity contribution in [3.05, 3.63) is 59.5 Å². The summed E-state index contributed by atoms with van der Waals surface area (Å²) in [6.07, 6.45) is 1.53. The van der Waals surface area contributed by atoms with Gasteiger partial charge in [0.1, 0.15) is 5.69 Å². The van der Waals surface area contributed by atoms with Crippen LogP contribution >= 0.6 is 0 Å². The molecule has 0 saturated heterocycles. The van der Waals surface area contributed by atoms with Crippen LogP contribution in [-0.2, 0) is 11.3 Å². The molecule has 0 unspecified atom stereocenters. The number of fused-ring (bicyclic) bond motifs is 1. The number of esters is 1. The van der Waals surface area contributed by atoms with Crippen molar-refractivity contribution in [2.75, 3.05) is 7.11 Å². The van der Waals surface area contributed by atoms with Crippen LogP contribution in [-0.4, -0.2) is 23.4 Å². The molecule has 5 heteroatoms. The molecule has 0 atom stereocenters. The Morgan fingerprint density at radius 3 is 2.59 bits per heavy atom. The molecule has 0 amide bonds. The number of benzene rings is 1. The van der Waals surface area contributed by atoms with Gasteiger partial charge in [-0.1, -0.05) is 29.8 Å². The monoisotopic (exact) mass is 297 g/mol. The highest BCUT2D eigenvalue weighted by molar-refractivity contribution is 5.99. The quantitative estimate of drug-likeness (QED) is 0.548. The second-order valence-electron chi connectivity index (χ2n) is 5.07. The Morgan fingerprint density at radius 2 is 1.91 bits per heavy atom. The van der Waals surface area contributed by atoms with Gasteiger partial charge in [-0.3, -0.25) is 4.79 Å². The van der Waals surface area contributed by atoms with E-state index < -0.39 is 5.97 Å². The van der Waals surface area contributed by atoms with E-state index in [1.165, 1.54) is 13.4 Å². The van der Waals surface area contributed by atoms with E-state index in [-0.39, 0.29) is 12.3 Å². The zero-order chi connectivity index (χ0) is 15.7. The van der Waals surface area contributed by atoms with Crippen LogP contribution in [0, 0.1) is 6.92 Å². The number of carbonyl (C=O) groups excluding carboxylic acids is 2. The normalized spacial score (nSPS) is 10.8. The van der Waals surface area contributed by atoms with Crippen molar-refractivity contribution in [1.29, 1.82) is 0 Å². The summed E-state index contributed by atoms with van der Waals surface area (Å²) in [4.78, 5) is 24.3. The third kappa shape index (κ3) is 2.41. The Bertz CT molecular complexity index is 839. The molecule has 1 aromatic carbocycles. The van der Waals surface area contributed by atoms with Crippen molar-refractivity contribution >= 4 is 22.9 Å². The van der Waals surface area contributed by atoms with Crippen molar-refractivity contribution in [2.24, 2.45) is 0 Å². The summed E-state index contributed by atoms with van der Waals surface area (Å²) in [5.74, 6) is -0.577. The van der Waals surface area contributed by atoms with Crippen LogP contribution in [0.2, 0.25) is 0 Å². The number of aryl methyl sites for hydroxylation is 1. The number of hydrogen-bond acceptors (Lipinski definition) is 4. The van der Waals surface area contributed by atoms with E-state index in [9.17, 15) is 9.59 Å². The van der Waals surface area contributed by atoms with Crippen LogP contribution in [0.25, 0.3) is 11.1 Å². The van der Waals surface area contributed by atoms with Crippen molar-refractivity contribution < 1.29 is 18.7 Å². The number of nitrogens with zero attached hydrogens (tertiary/aromatic N) is 1. The smallest absolute Gasteiger partial charge is 0.354 e. The minimum Gasteiger partial charge on any atom is -0.464 e. The third-order valence-corrected chi connectivity index (χ3v) is 3.59. The van der Waals surface area contributed by atoms with Gasteiger partial charge < -0.3 is 13.7 Å². The molecular formula is C17H15NO4. The Balaban J connectivity index is 1.98. The van der Waals surface area contributed by atoms with Crippen LogP contribution in [0.4, 0.5) is 0 Å². The number of ketones is 1. The van der Waals surface area contributed by atoms with Gasteiger partial charge in [-0.2, -0.15) is 0 Å². The van der Waals surface area contributed by atoms with E-state index in [1.54, 1.807) is 28.8 Å². The van der Waals surface area contributed by atoms with E-state index in [0.29, 0.717) is 22.4 Å². The minimum atomic E-state index is -0.497. The first-order valence-corrected chi connectivity index (χ1v) is 6.85. The molecular weight excluding hydrogens is 282 g/mol.